The lowest BCUT2D eigenvalue weighted by molar-refractivity contribution is -0.147. The minimum Gasteiger partial charge on any atom is -0.383 e. The average molecular weight is 613 g/mol. The highest BCUT2D eigenvalue weighted by atomic mass is 16.5. The third-order valence-electron chi connectivity index (χ3n) is 9.34. The van der Waals surface area contributed by atoms with Gasteiger partial charge in [0.1, 0.15) is 17.6 Å². The lowest BCUT2D eigenvalue weighted by Crippen LogP contribution is -2.49. The van der Waals surface area contributed by atoms with E-state index in [2.05, 4.69) is 29.2 Å². The van der Waals surface area contributed by atoms with Gasteiger partial charge in [-0.1, -0.05) is 26.7 Å². The van der Waals surface area contributed by atoms with E-state index in [9.17, 15) is 19.2 Å². The molecule has 13 heteroatoms. The van der Waals surface area contributed by atoms with Gasteiger partial charge in [-0.3, -0.25) is 19.2 Å². The number of primary amides is 1. The van der Waals surface area contributed by atoms with Gasteiger partial charge in [-0.15, -0.1) is 0 Å². The van der Waals surface area contributed by atoms with E-state index < -0.39 is 23.6 Å². The molecule has 5 N–H and O–H groups in total. The summed E-state index contributed by atoms with van der Waals surface area (Å²) in [5.74, 6) is -1.27. The molecule has 5 atom stereocenters. The Hall–Kier alpha value is -3.74. The fourth-order valence-electron chi connectivity index (χ4n) is 6.26. The molecule has 5 heterocycles. The Balaban J connectivity index is 0.000000265. The van der Waals surface area contributed by atoms with Crippen LogP contribution in [0.4, 0.5) is 11.5 Å². The van der Waals surface area contributed by atoms with Gasteiger partial charge in [-0.2, -0.15) is 5.10 Å². The molecule has 3 saturated heterocycles. The summed E-state index contributed by atoms with van der Waals surface area (Å²) in [6, 6.07) is 0.205. The summed E-state index contributed by atoms with van der Waals surface area (Å²) in [7, 11) is 0. The molecule has 0 spiro atoms. The van der Waals surface area contributed by atoms with Crippen LogP contribution in [0.15, 0.2) is 12.4 Å². The number of ether oxygens (including phenoxy) is 1. The maximum absolute atomic E-state index is 12.9. The van der Waals surface area contributed by atoms with Crippen molar-refractivity contribution in [2.24, 2.45) is 17.6 Å². The fourth-order valence-corrected chi connectivity index (χ4v) is 6.26. The van der Waals surface area contributed by atoms with Gasteiger partial charge in [0.15, 0.2) is 0 Å². The first kappa shape index (κ1) is 33.2. The van der Waals surface area contributed by atoms with Crippen molar-refractivity contribution in [1.29, 1.82) is 0 Å². The molecule has 2 aromatic rings. The molecule has 0 aliphatic carbocycles. The zero-order chi connectivity index (χ0) is 32.0. The standard InChI is InChI=1S/C21H30N6O3.C10H18N2O2/c1-3-14-8-7-13(2)26(11-14)21(29)20(28)24-16-10-23-19(22)15-12-27(25-18(15)16)17-6-4-5-9-30-17;1-3-8-5-4-7(2)12(6-8)10(14)9(11)13/h10,12-14,17H,3-9,11H2,1-2H3,(H2,22,23)(H,24,28);7-8H,3-6H2,1-2H3,(H2,11,13). The van der Waals surface area contributed by atoms with E-state index >= 15 is 0 Å². The lowest BCUT2D eigenvalue weighted by atomic mass is 9.91. The van der Waals surface area contributed by atoms with Crippen LogP contribution in [0.2, 0.25) is 0 Å². The van der Waals surface area contributed by atoms with Crippen LogP contribution in [-0.2, 0) is 23.9 Å². The first-order valence-electron chi connectivity index (χ1n) is 16.0. The Kier molecular flexibility index (Phi) is 11.2. The van der Waals surface area contributed by atoms with Crippen LogP contribution in [0.25, 0.3) is 10.9 Å². The topological polar surface area (TPSA) is 179 Å². The third kappa shape index (κ3) is 7.66. The van der Waals surface area contributed by atoms with E-state index in [0.717, 1.165) is 57.8 Å². The summed E-state index contributed by atoms with van der Waals surface area (Å²) in [4.78, 5) is 55.3. The molecule has 0 radical (unpaired) electrons. The smallest absolute Gasteiger partial charge is 0.314 e. The molecule has 0 bridgehead atoms. The summed E-state index contributed by atoms with van der Waals surface area (Å²) in [6.45, 7) is 10.2. The fraction of sp³-hybridized carbons (Fsp3) is 0.677. The maximum Gasteiger partial charge on any atom is 0.314 e. The molecule has 3 aliphatic heterocycles. The number of aromatic nitrogens is 3. The monoisotopic (exact) mass is 612 g/mol. The molecule has 3 fully saturated rings. The number of anilines is 2. The van der Waals surface area contributed by atoms with E-state index in [4.69, 9.17) is 16.2 Å². The van der Waals surface area contributed by atoms with Crippen molar-refractivity contribution >= 4 is 46.0 Å². The Morgan fingerprint density at radius 1 is 0.932 bits per heavy atom. The van der Waals surface area contributed by atoms with Crippen molar-refractivity contribution in [2.75, 3.05) is 30.7 Å². The third-order valence-corrected chi connectivity index (χ3v) is 9.34. The number of rotatable bonds is 4. The molecule has 3 aliphatic rings. The van der Waals surface area contributed by atoms with Crippen LogP contribution in [-0.4, -0.2) is 80.0 Å². The second-order valence-electron chi connectivity index (χ2n) is 12.4. The first-order valence-corrected chi connectivity index (χ1v) is 16.0. The summed E-state index contributed by atoms with van der Waals surface area (Å²) in [5.41, 5.74) is 11.9. The van der Waals surface area contributed by atoms with Crippen molar-refractivity contribution in [1.82, 2.24) is 24.6 Å². The number of pyridine rings is 1. The number of hydrogen-bond acceptors (Lipinski definition) is 8. The van der Waals surface area contributed by atoms with Gasteiger partial charge < -0.3 is 31.3 Å². The van der Waals surface area contributed by atoms with Crippen molar-refractivity contribution in [3.8, 4) is 0 Å². The second-order valence-corrected chi connectivity index (χ2v) is 12.4. The first-order chi connectivity index (χ1) is 21.0. The van der Waals surface area contributed by atoms with Crippen molar-refractivity contribution in [3.63, 3.8) is 0 Å². The summed E-state index contributed by atoms with van der Waals surface area (Å²) < 4.78 is 7.53. The Labute approximate surface area is 259 Å². The molecule has 5 rings (SSSR count). The number of nitrogens with zero attached hydrogens (tertiary/aromatic N) is 5. The molecule has 4 amide bonds. The van der Waals surface area contributed by atoms with E-state index in [0.29, 0.717) is 53.9 Å². The van der Waals surface area contributed by atoms with Crippen LogP contribution in [0.5, 0.6) is 0 Å². The molecule has 44 heavy (non-hydrogen) atoms. The maximum atomic E-state index is 12.9. The predicted octanol–water partition coefficient (Wildman–Crippen LogP) is 3.20. The van der Waals surface area contributed by atoms with Crippen molar-refractivity contribution in [2.45, 2.75) is 104 Å². The minimum absolute atomic E-state index is 0.0540. The number of likely N-dealkylation sites (tertiary alicyclic amines) is 2. The van der Waals surface area contributed by atoms with Crippen LogP contribution >= 0.6 is 0 Å². The van der Waals surface area contributed by atoms with Gasteiger partial charge >= 0.3 is 23.6 Å². The largest absolute Gasteiger partial charge is 0.383 e. The molecule has 13 nitrogen and oxygen atoms in total. The minimum atomic E-state index is -0.839. The highest BCUT2D eigenvalue weighted by molar-refractivity contribution is 6.40. The Bertz CT molecular complexity index is 1340. The lowest BCUT2D eigenvalue weighted by Gasteiger charge is -2.37. The average Bonchev–Trinajstić information content (AvgIpc) is 3.50. The van der Waals surface area contributed by atoms with Gasteiger partial charge in [-0.25, -0.2) is 9.67 Å². The number of amides is 4. The van der Waals surface area contributed by atoms with Crippen LogP contribution in [0.3, 0.4) is 0 Å². The number of nitrogens with two attached hydrogens (primary N) is 2. The normalized spacial score (nSPS) is 25.6. The number of carbonyl (C=O) groups is 4. The molecule has 0 saturated carbocycles. The van der Waals surface area contributed by atoms with Crippen molar-refractivity contribution in [3.05, 3.63) is 12.4 Å². The summed E-state index contributed by atoms with van der Waals surface area (Å²) in [6.07, 6.45) is 12.2. The summed E-state index contributed by atoms with van der Waals surface area (Å²) in [5, 5.41) is 7.94. The van der Waals surface area contributed by atoms with Crippen LogP contribution in [0, 0.1) is 11.8 Å². The zero-order valence-electron chi connectivity index (χ0n) is 26.5. The zero-order valence-corrected chi connectivity index (χ0v) is 26.5. The Morgan fingerprint density at radius 3 is 2.09 bits per heavy atom. The van der Waals surface area contributed by atoms with Gasteiger partial charge in [0.2, 0.25) is 0 Å². The van der Waals surface area contributed by atoms with Crippen LogP contribution < -0.4 is 16.8 Å². The molecular formula is C31H48N8O5. The second kappa shape index (κ2) is 14.8. The van der Waals surface area contributed by atoms with Gasteiger partial charge in [0, 0.05) is 38.0 Å². The van der Waals surface area contributed by atoms with E-state index in [-0.39, 0.29) is 18.3 Å². The predicted molar refractivity (Wildman–Crippen MR) is 167 cm³/mol. The highest BCUT2D eigenvalue weighted by Gasteiger charge is 2.33. The Morgan fingerprint density at radius 2 is 1.55 bits per heavy atom. The molecule has 5 unspecified atom stereocenters. The highest BCUT2D eigenvalue weighted by Crippen LogP contribution is 2.30. The van der Waals surface area contributed by atoms with Gasteiger partial charge in [0.25, 0.3) is 0 Å². The van der Waals surface area contributed by atoms with Crippen molar-refractivity contribution < 1.29 is 23.9 Å². The number of fused-ring (bicyclic) bond motifs is 1. The number of nitrogens with one attached hydrogen (secondary N) is 1. The number of hydrogen-bond donors (Lipinski definition) is 3. The number of piperidine rings is 2. The number of carbonyl (C=O) groups excluding carboxylic acids is 4. The number of nitrogen functional groups attached to an aromatic ring is 1. The summed E-state index contributed by atoms with van der Waals surface area (Å²) >= 11 is 0. The van der Waals surface area contributed by atoms with E-state index in [1.807, 2.05) is 13.8 Å². The van der Waals surface area contributed by atoms with E-state index in [1.54, 1.807) is 20.7 Å². The molecule has 2 aromatic heterocycles. The van der Waals surface area contributed by atoms with Crippen LogP contribution in [0.1, 0.15) is 91.7 Å². The van der Waals surface area contributed by atoms with Gasteiger partial charge in [0.05, 0.1) is 17.3 Å². The SMILES string of the molecule is CCC1CCC(C)N(C(=O)C(=O)Nc2cnc(N)c3cn(C4CCCCO4)nc23)C1.CCC1CCC(C)N(C(=O)C(N)=O)C1. The molecule has 242 valence electrons. The molecular weight excluding hydrogens is 564 g/mol. The molecule has 0 aromatic carbocycles. The van der Waals surface area contributed by atoms with E-state index in [1.165, 1.54) is 6.20 Å². The quantitative estimate of drug-likeness (QED) is 0.441. The van der Waals surface area contributed by atoms with Gasteiger partial charge in [-0.05, 0) is 70.6 Å².